The van der Waals surface area contributed by atoms with Gasteiger partial charge in [-0.1, -0.05) is 18.9 Å². The van der Waals surface area contributed by atoms with Crippen molar-refractivity contribution in [2.45, 2.75) is 38.3 Å². The van der Waals surface area contributed by atoms with Gasteiger partial charge in [0, 0.05) is 6.04 Å². The summed E-state index contributed by atoms with van der Waals surface area (Å²) < 4.78 is 5.65. The number of nitrogens with zero attached hydrogens (tertiary/aromatic N) is 3. The van der Waals surface area contributed by atoms with Crippen LogP contribution in [0, 0.1) is 0 Å². The number of aliphatic carboxylic acids is 1. The van der Waals surface area contributed by atoms with Crippen LogP contribution in [0.2, 0.25) is 0 Å². The third kappa shape index (κ3) is 3.48. The normalized spacial score (nSPS) is 15.9. The van der Waals surface area contributed by atoms with Gasteiger partial charge in [0.05, 0.1) is 18.0 Å². The summed E-state index contributed by atoms with van der Waals surface area (Å²) in [6, 6.07) is 4.16. The number of hydrogen-bond acceptors (Lipinski definition) is 6. The molecule has 0 unspecified atom stereocenters. The Morgan fingerprint density at radius 3 is 2.90 bits per heavy atom. The highest BCUT2D eigenvalue weighted by molar-refractivity contribution is 7.13. The average Bonchev–Trinajstić information content (AvgIpc) is 3.20. The molecule has 1 N–H and O–H groups in total. The highest BCUT2D eigenvalue weighted by atomic mass is 32.1. The number of thiophene rings is 1. The van der Waals surface area contributed by atoms with E-state index >= 15 is 0 Å². The molecule has 2 heterocycles. The maximum Gasteiger partial charge on any atom is 0.317 e. The maximum atomic E-state index is 11.0. The number of carbonyl (C=O) groups is 1. The summed E-state index contributed by atoms with van der Waals surface area (Å²) >= 11 is 1.54. The maximum absolute atomic E-state index is 11.0. The fraction of sp³-hybridized carbons (Fsp3) is 0.500. The van der Waals surface area contributed by atoms with Crippen LogP contribution in [-0.4, -0.2) is 38.8 Å². The second-order valence-electron chi connectivity index (χ2n) is 5.22. The minimum atomic E-state index is -0.820. The Kier molecular flexibility index (Phi) is 4.31. The molecule has 0 spiro atoms. The molecule has 0 amide bonds. The fourth-order valence-corrected chi connectivity index (χ4v) is 3.39. The first-order valence-electron chi connectivity index (χ1n) is 7.04. The Morgan fingerprint density at radius 1 is 1.43 bits per heavy atom. The molecule has 0 atom stereocenters. The lowest BCUT2D eigenvalue weighted by Gasteiger charge is -2.25. The zero-order valence-corrected chi connectivity index (χ0v) is 12.4. The van der Waals surface area contributed by atoms with Crippen molar-refractivity contribution in [3.05, 3.63) is 23.4 Å². The largest absolute Gasteiger partial charge is 0.480 e. The highest BCUT2D eigenvalue weighted by Gasteiger charge is 2.26. The molecule has 21 heavy (non-hydrogen) atoms. The van der Waals surface area contributed by atoms with E-state index in [-0.39, 0.29) is 6.54 Å². The smallest absolute Gasteiger partial charge is 0.317 e. The topological polar surface area (TPSA) is 79.5 Å². The van der Waals surface area contributed by atoms with Crippen molar-refractivity contribution < 1.29 is 14.3 Å². The molecule has 112 valence electrons. The Bertz CT molecular complexity index is 590. The van der Waals surface area contributed by atoms with Crippen LogP contribution in [0.4, 0.5) is 0 Å². The number of aromatic nitrogens is 2. The van der Waals surface area contributed by atoms with Gasteiger partial charge in [-0.2, -0.15) is 0 Å². The van der Waals surface area contributed by atoms with Crippen LogP contribution in [0.1, 0.15) is 31.6 Å². The molecule has 1 aliphatic rings. The standard InChI is InChI=1S/C14H17N3O3S/c18-13(19)9-17(10-4-1-2-5-10)8-12-15-16-14(20-12)11-6-3-7-21-11/h3,6-7,10H,1-2,4-5,8-9H2,(H,18,19). The van der Waals surface area contributed by atoms with E-state index in [0.717, 1.165) is 30.6 Å². The van der Waals surface area contributed by atoms with Gasteiger partial charge in [0.1, 0.15) is 0 Å². The molecule has 0 aromatic carbocycles. The van der Waals surface area contributed by atoms with Crippen molar-refractivity contribution in [2.24, 2.45) is 0 Å². The molecule has 1 fully saturated rings. The summed E-state index contributed by atoms with van der Waals surface area (Å²) in [5.41, 5.74) is 0. The monoisotopic (exact) mass is 307 g/mol. The van der Waals surface area contributed by atoms with E-state index in [1.54, 1.807) is 11.3 Å². The molecule has 0 aliphatic heterocycles. The molecular formula is C14H17N3O3S. The van der Waals surface area contributed by atoms with E-state index in [1.807, 2.05) is 22.4 Å². The van der Waals surface area contributed by atoms with Gasteiger partial charge in [-0.3, -0.25) is 9.69 Å². The number of carboxylic acids is 1. The van der Waals surface area contributed by atoms with Gasteiger partial charge >= 0.3 is 5.97 Å². The third-order valence-corrected chi connectivity index (χ3v) is 4.57. The highest BCUT2D eigenvalue weighted by Crippen LogP contribution is 2.26. The summed E-state index contributed by atoms with van der Waals surface area (Å²) in [7, 11) is 0. The first-order chi connectivity index (χ1) is 10.2. The average molecular weight is 307 g/mol. The van der Waals surface area contributed by atoms with Gasteiger partial charge in [-0.05, 0) is 24.3 Å². The van der Waals surface area contributed by atoms with E-state index in [1.165, 1.54) is 0 Å². The van der Waals surface area contributed by atoms with Crippen LogP contribution < -0.4 is 0 Å². The zero-order valence-electron chi connectivity index (χ0n) is 11.6. The molecular weight excluding hydrogens is 290 g/mol. The van der Waals surface area contributed by atoms with E-state index in [4.69, 9.17) is 9.52 Å². The van der Waals surface area contributed by atoms with Crippen molar-refractivity contribution in [1.29, 1.82) is 0 Å². The molecule has 2 aromatic rings. The van der Waals surface area contributed by atoms with Crippen molar-refractivity contribution >= 4 is 17.3 Å². The van der Waals surface area contributed by atoms with Crippen molar-refractivity contribution in [2.75, 3.05) is 6.54 Å². The van der Waals surface area contributed by atoms with Crippen LogP contribution >= 0.6 is 11.3 Å². The lowest BCUT2D eigenvalue weighted by Crippen LogP contribution is -2.37. The SMILES string of the molecule is O=C(O)CN(Cc1nnc(-c2cccs2)o1)C1CCCC1. The van der Waals surface area contributed by atoms with E-state index in [2.05, 4.69) is 10.2 Å². The minimum absolute atomic E-state index is 0.0153. The molecule has 0 radical (unpaired) electrons. The Labute approximate surface area is 126 Å². The quantitative estimate of drug-likeness (QED) is 0.883. The van der Waals surface area contributed by atoms with Crippen molar-refractivity contribution in [1.82, 2.24) is 15.1 Å². The summed E-state index contributed by atoms with van der Waals surface area (Å²) in [6.45, 7) is 0.413. The van der Waals surface area contributed by atoms with Gasteiger partial charge in [-0.15, -0.1) is 21.5 Å². The lowest BCUT2D eigenvalue weighted by atomic mass is 10.2. The molecule has 0 saturated heterocycles. The second kappa shape index (κ2) is 6.36. The molecule has 7 heteroatoms. The van der Waals surface area contributed by atoms with Crippen molar-refractivity contribution in [3.63, 3.8) is 0 Å². The van der Waals surface area contributed by atoms with Crippen molar-refractivity contribution in [3.8, 4) is 10.8 Å². The number of rotatable bonds is 6. The lowest BCUT2D eigenvalue weighted by molar-refractivity contribution is -0.139. The summed E-state index contributed by atoms with van der Waals surface area (Å²) in [6.07, 6.45) is 4.40. The molecule has 0 bridgehead atoms. The molecule has 2 aromatic heterocycles. The van der Waals surface area contributed by atoms with E-state index in [9.17, 15) is 4.79 Å². The van der Waals surface area contributed by atoms with E-state index < -0.39 is 5.97 Å². The first kappa shape index (κ1) is 14.2. The van der Waals surface area contributed by atoms with Gasteiger partial charge in [0.2, 0.25) is 5.89 Å². The van der Waals surface area contributed by atoms with Crippen LogP contribution in [0.3, 0.4) is 0 Å². The number of carboxylic acid groups (broad SMARTS) is 1. The second-order valence-corrected chi connectivity index (χ2v) is 6.16. The molecule has 3 rings (SSSR count). The fourth-order valence-electron chi connectivity index (χ4n) is 2.75. The summed E-state index contributed by atoms with van der Waals surface area (Å²) in [4.78, 5) is 13.9. The molecule has 6 nitrogen and oxygen atoms in total. The Hall–Kier alpha value is -1.73. The van der Waals surface area contributed by atoms with Crippen LogP contribution in [0.15, 0.2) is 21.9 Å². The Morgan fingerprint density at radius 2 is 2.24 bits per heavy atom. The van der Waals surface area contributed by atoms with Crippen LogP contribution in [0.5, 0.6) is 0 Å². The summed E-state index contributed by atoms with van der Waals surface area (Å²) in [5, 5.41) is 19.1. The van der Waals surface area contributed by atoms with Crippen LogP contribution in [-0.2, 0) is 11.3 Å². The predicted octanol–water partition coefficient (Wildman–Crippen LogP) is 2.63. The van der Waals surface area contributed by atoms with Gasteiger partial charge < -0.3 is 9.52 Å². The first-order valence-corrected chi connectivity index (χ1v) is 7.92. The zero-order chi connectivity index (χ0) is 14.7. The third-order valence-electron chi connectivity index (χ3n) is 3.72. The van der Waals surface area contributed by atoms with Crippen LogP contribution in [0.25, 0.3) is 10.8 Å². The number of hydrogen-bond donors (Lipinski definition) is 1. The Balaban J connectivity index is 1.71. The molecule has 1 aliphatic carbocycles. The minimum Gasteiger partial charge on any atom is -0.480 e. The van der Waals surface area contributed by atoms with Gasteiger partial charge in [0.15, 0.2) is 0 Å². The van der Waals surface area contributed by atoms with E-state index in [0.29, 0.717) is 24.4 Å². The summed E-state index contributed by atoms with van der Waals surface area (Å²) in [5.74, 6) is 0.160. The van der Waals surface area contributed by atoms with Gasteiger partial charge in [-0.25, -0.2) is 0 Å². The van der Waals surface area contributed by atoms with Gasteiger partial charge in [0.25, 0.3) is 5.89 Å². The predicted molar refractivity (Wildman–Crippen MR) is 77.9 cm³/mol. The molecule has 1 saturated carbocycles.